The summed E-state index contributed by atoms with van der Waals surface area (Å²) in [5.74, 6) is -0.0277. The third-order valence-corrected chi connectivity index (χ3v) is 3.77. The third kappa shape index (κ3) is 2.77. The van der Waals surface area contributed by atoms with E-state index in [2.05, 4.69) is 0 Å². The van der Waals surface area contributed by atoms with Crippen LogP contribution < -0.4 is 0 Å². The molecule has 4 heteroatoms. The molecule has 2 rings (SSSR count). The summed E-state index contributed by atoms with van der Waals surface area (Å²) in [5.41, 5.74) is 0.380. The smallest absolute Gasteiger partial charge is 0.336 e. The van der Waals surface area contributed by atoms with E-state index in [0.717, 1.165) is 30.1 Å². The zero-order valence-electron chi connectivity index (χ0n) is 8.89. The summed E-state index contributed by atoms with van der Waals surface area (Å²) in [6.45, 7) is 0.839. The van der Waals surface area contributed by atoms with E-state index < -0.39 is 5.97 Å². The molecule has 1 aliphatic heterocycles. The normalized spacial score (nSPS) is 19.9. The molecule has 1 aromatic carbocycles. The minimum atomic E-state index is -0.865. The van der Waals surface area contributed by atoms with Gasteiger partial charge in [0.2, 0.25) is 0 Å². The first kappa shape index (κ1) is 11.5. The number of thioether (sulfide) groups is 1. The van der Waals surface area contributed by atoms with Gasteiger partial charge < -0.3 is 9.84 Å². The highest BCUT2D eigenvalue weighted by molar-refractivity contribution is 7.99. The molecule has 0 amide bonds. The van der Waals surface area contributed by atoms with E-state index in [1.807, 2.05) is 12.1 Å². The molecular weight excluding hydrogens is 224 g/mol. The van der Waals surface area contributed by atoms with Crippen LogP contribution in [-0.2, 0) is 4.74 Å². The van der Waals surface area contributed by atoms with Gasteiger partial charge in [-0.1, -0.05) is 12.1 Å². The second-order valence-electron chi connectivity index (χ2n) is 3.75. The summed E-state index contributed by atoms with van der Waals surface area (Å²) in [4.78, 5) is 11.8. The topological polar surface area (TPSA) is 46.5 Å². The van der Waals surface area contributed by atoms with Crippen molar-refractivity contribution in [2.75, 3.05) is 12.4 Å². The molecule has 1 aromatic rings. The zero-order valence-corrected chi connectivity index (χ0v) is 9.70. The van der Waals surface area contributed by atoms with Crippen molar-refractivity contribution >= 4 is 17.7 Å². The van der Waals surface area contributed by atoms with Crippen LogP contribution in [0.1, 0.15) is 23.2 Å². The fourth-order valence-electron chi connectivity index (χ4n) is 1.73. The Kier molecular flexibility index (Phi) is 3.85. The molecule has 16 heavy (non-hydrogen) atoms. The summed E-state index contributed by atoms with van der Waals surface area (Å²) in [7, 11) is 0. The number of carbonyl (C=O) groups is 1. The van der Waals surface area contributed by atoms with E-state index in [1.54, 1.807) is 23.9 Å². The standard InChI is InChI=1S/C12H14O3S/c13-12(14)10-5-1-2-6-11(10)16-8-9-4-3-7-15-9/h1-2,5-6,9H,3-4,7-8H2,(H,13,14)/t9-/m0/s1. The Hall–Kier alpha value is -1.00. The van der Waals surface area contributed by atoms with Gasteiger partial charge in [0.25, 0.3) is 0 Å². The minimum absolute atomic E-state index is 0.284. The molecule has 1 saturated heterocycles. The van der Waals surface area contributed by atoms with Gasteiger partial charge in [-0.2, -0.15) is 0 Å². The summed E-state index contributed by atoms with van der Waals surface area (Å²) in [6, 6.07) is 7.10. The molecule has 1 fully saturated rings. The molecule has 1 aliphatic rings. The van der Waals surface area contributed by atoms with Crippen molar-refractivity contribution < 1.29 is 14.6 Å². The van der Waals surface area contributed by atoms with E-state index >= 15 is 0 Å². The van der Waals surface area contributed by atoms with Crippen molar-refractivity contribution in [3.05, 3.63) is 29.8 Å². The van der Waals surface area contributed by atoms with Crippen molar-refractivity contribution in [2.45, 2.75) is 23.8 Å². The largest absolute Gasteiger partial charge is 0.478 e. The number of ether oxygens (including phenoxy) is 1. The second-order valence-corrected chi connectivity index (χ2v) is 4.81. The lowest BCUT2D eigenvalue weighted by molar-refractivity contribution is 0.0693. The van der Waals surface area contributed by atoms with Gasteiger partial charge in [0.1, 0.15) is 0 Å². The SMILES string of the molecule is O=C(O)c1ccccc1SC[C@@H]1CCCO1. The Labute approximate surface area is 98.8 Å². The lowest BCUT2D eigenvalue weighted by Crippen LogP contribution is -2.08. The summed E-state index contributed by atoms with van der Waals surface area (Å²) in [5, 5.41) is 9.01. The Bertz CT molecular complexity index is 372. The third-order valence-electron chi connectivity index (χ3n) is 2.57. The molecule has 3 nitrogen and oxygen atoms in total. The van der Waals surface area contributed by atoms with Gasteiger partial charge in [-0.05, 0) is 25.0 Å². The number of benzene rings is 1. The number of hydrogen-bond acceptors (Lipinski definition) is 3. The number of hydrogen-bond donors (Lipinski definition) is 1. The predicted molar refractivity (Wildman–Crippen MR) is 63.1 cm³/mol. The van der Waals surface area contributed by atoms with Crippen LogP contribution in [0.2, 0.25) is 0 Å². The van der Waals surface area contributed by atoms with Crippen LogP contribution in [0.25, 0.3) is 0 Å². The van der Waals surface area contributed by atoms with E-state index in [0.29, 0.717) is 5.56 Å². The zero-order chi connectivity index (χ0) is 11.4. The molecule has 0 aromatic heterocycles. The molecule has 86 valence electrons. The van der Waals surface area contributed by atoms with Crippen molar-refractivity contribution in [2.24, 2.45) is 0 Å². The predicted octanol–water partition coefficient (Wildman–Crippen LogP) is 2.66. The lowest BCUT2D eigenvalue weighted by atomic mass is 10.2. The second kappa shape index (κ2) is 5.37. The quantitative estimate of drug-likeness (QED) is 0.819. The lowest BCUT2D eigenvalue weighted by Gasteiger charge is -2.10. The van der Waals surface area contributed by atoms with Gasteiger partial charge in [0.05, 0.1) is 11.7 Å². The average Bonchev–Trinajstić information content (AvgIpc) is 2.79. The Morgan fingerprint density at radius 1 is 1.50 bits per heavy atom. The first-order valence-electron chi connectivity index (χ1n) is 5.34. The van der Waals surface area contributed by atoms with Crippen molar-refractivity contribution in [3.63, 3.8) is 0 Å². The number of rotatable bonds is 4. The van der Waals surface area contributed by atoms with Crippen LogP contribution in [0.3, 0.4) is 0 Å². The Balaban J connectivity index is 2.00. The monoisotopic (exact) mass is 238 g/mol. The maximum atomic E-state index is 11.0. The van der Waals surface area contributed by atoms with Gasteiger partial charge >= 0.3 is 5.97 Å². The van der Waals surface area contributed by atoms with Crippen LogP contribution in [-0.4, -0.2) is 29.5 Å². The van der Waals surface area contributed by atoms with E-state index in [9.17, 15) is 4.79 Å². The van der Waals surface area contributed by atoms with Crippen LogP contribution in [0, 0.1) is 0 Å². The Morgan fingerprint density at radius 3 is 3.00 bits per heavy atom. The van der Waals surface area contributed by atoms with Gasteiger partial charge in [-0.15, -0.1) is 11.8 Å². The molecule has 0 radical (unpaired) electrons. The highest BCUT2D eigenvalue weighted by Gasteiger charge is 2.17. The summed E-state index contributed by atoms with van der Waals surface area (Å²) >= 11 is 1.57. The maximum Gasteiger partial charge on any atom is 0.336 e. The van der Waals surface area contributed by atoms with Crippen LogP contribution >= 0.6 is 11.8 Å². The number of carboxylic acid groups (broad SMARTS) is 1. The van der Waals surface area contributed by atoms with Crippen molar-refractivity contribution in [3.8, 4) is 0 Å². The fourth-order valence-corrected chi connectivity index (χ4v) is 2.84. The summed E-state index contributed by atoms with van der Waals surface area (Å²) < 4.78 is 5.51. The molecular formula is C12H14O3S. The average molecular weight is 238 g/mol. The Morgan fingerprint density at radius 2 is 2.31 bits per heavy atom. The van der Waals surface area contributed by atoms with Gasteiger partial charge in [0, 0.05) is 17.3 Å². The van der Waals surface area contributed by atoms with Crippen LogP contribution in [0.5, 0.6) is 0 Å². The van der Waals surface area contributed by atoms with Crippen molar-refractivity contribution in [1.29, 1.82) is 0 Å². The highest BCUT2D eigenvalue weighted by atomic mass is 32.2. The van der Waals surface area contributed by atoms with Gasteiger partial charge in [-0.3, -0.25) is 0 Å². The fraction of sp³-hybridized carbons (Fsp3) is 0.417. The first-order chi connectivity index (χ1) is 7.77. The van der Waals surface area contributed by atoms with Crippen molar-refractivity contribution in [1.82, 2.24) is 0 Å². The molecule has 1 heterocycles. The van der Waals surface area contributed by atoms with Crippen LogP contribution in [0.15, 0.2) is 29.2 Å². The minimum Gasteiger partial charge on any atom is -0.478 e. The summed E-state index contributed by atoms with van der Waals surface area (Å²) in [6.07, 6.45) is 2.49. The number of carboxylic acids is 1. The van der Waals surface area contributed by atoms with E-state index in [4.69, 9.17) is 9.84 Å². The number of aromatic carboxylic acids is 1. The molecule has 0 spiro atoms. The van der Waals surface area contributed by atoms with E-state index in [-0.39, 0.29) is 6.10 Å². The van der Waals surface area contributed by atoms with Gasteiger partial charge in [-0.25, -0.2) is 4.79 Å². The highest BCUT2D eigenvalue weighted by Crippen LogP contribution is 2.26. The first-order valence-corrected chi connectivity index (χ1v) is 6.32. The molecule has 1 atom stereocenters. The molecule has 0 aliphatic carbocycles. The molecule has 1 N–H and O–H groups in total. The molecule has 0 bridgehead atoms. The van der Waals surface area contributed by atoms with Gasteiger partial charge in [0.15, 0.2) is 0 Å². The van der Waals surface area contributed by atoms with Crippen LogP contribution in [0.4, 0.5) is 0 Å². The maximum absolute atomic E-state index is 11.0. The van der Waals surface area contributed by atoms with E-state index in [1.165, 1.54) is 0 Å². The molecule has 0 unspecified atom stereocenters. The molecule has 0 saturated carbocycles.